The molecule has 29 heavy (non-hydrogen) atoms. The molecule has 2 N–H and O–H groups in total. The van der Waals surface area contributed by atoms with E-state index in [1.165, 1.54) is 39.7 Å². The van der Waals surface area contributed by atoms with Gasteiger partial charge in [-0.05, 0) is 68.9 Å². The molecular weight excluding hydrogens is 358 g/mol. The molecule has 4 heteroatoms. The number of aromatic amines is 1. The van der Waals surface area contributed by atoms with E-state index in [1.807, 2.05) is 13.8 Å². The second-order valence-electron chi connectivity index (χ2n) is 8.22. The number of fused-ring (bicyclic) bond motifs is 3. The van der Waals surface area contributed by atoms with Gasteiger partial charge in [-0.15, -0.1) is 0 Å². The molecule has 148 valence electrons. The van der Waals surface area contributed by atoms with E-state index in [4.69, 9.17) is 4.52 Å². The quantitative estimate of drug-likeness (QED) is 0.442. The summed E-state index contributed by atoms with van der Waals surface area (Å²) < 4.78 is 5.39. The van der Waals surface area contributed by atoms with Gasteiger partial charge in [0.2, 0.25) is 0 Å². The Morgan fingerprint density at radius 1 is 1.14 bits per heavy atom. The summed E-state index contributed by atoms with van der Waals surface area (Å²) in [5.41, 5.74) is 8.60. The summed E-state index contributed by atoms with van der Waals surface area (Å²) in [5, 5.41) is 9.31. The van der Waals surface area contributed by atoms with Crippen LogP contribution in [-0.4, -0.2) is 10.1 Å². The lowest BCUT2D eigenvalue weighted by atomic mass is 9.90. The van der Waals surface area contributed by atoms with Crippen molar-refractivity contribution in [3.8, 4) is 11.1 Å². The van der Waals surface area contributed by atoms with Crippen molar-refractivity contribution < 1.29 is 4.52 Å². The van der Waals surface area contributed by atoms with Crippen molar-refractivity contribution in [1.29, 1.82) is 0 Å². The van der Waals surface area contributed by atoms with Crippen molar-refractivity contribution in [3.63, 3.8) is 0 Å². The summed E-state index contributed by atoms with van der Waals surface area (Å²) in [4.78, 5) is 3.72. The van der Waals surface area contributed by atoms with Gasteiger partial charge in [0.1, 0.15) is 5.76 Å². The Kier molecular flexibility index (Phi) is 4.51. The number of H-pyrrole nitrogens is 1. The minimum Gasteiger partial charge on any atom is -0.361 e. The molecule has 2 aromatic heterocycles. The van der Waals surface area contributed by atoms with Crippen LogP contribution in [0.5, 0.6) is 0 Å². The second-order valence-corrected chi connectivity index (χ2v) is 8.22. The van der Waals surface area contributed by atoms with Crippen molar-refractivity contribution in [2.75, 3.05) is 0 Å². The van der Waals surface area contributed by atoms with E-state index >= 15 is 0 Å². The first kappa shape index (κ1) is 18.2. The van der Waals surface area contributed by atoms with Gasteiger partial charge in [0, 0.05) is 34.2 Å². The van der Waals surface area contributed by atoms with Gasteiger partial charge in [-0.1, -0.05) is 41.6 Å². The lowest BCUT2D eigenvalue weighted by molar-refractivity contribution is 0.393. The second kappa shape index (κ2) is 7.20. The number of nitrogens with one attached hydrogen (secondary N) is 2. The standard InChI is InChI=1S/C25H27N3O/c1-15(18-8-5-4-6-9-18)26-23-11-7-10-20-21-14-19(12-13-22(21)27-25(20)23)24-16(2)28-29-17(24)3/h4-6,8-9,12-15,23,26-27H,7,10-11H2,1-3H3/t15-,23?/m1/s1. The van der Waals surface area contributed by atoms with E-state index in [0.717, 1.165) is 29.9 Å². The molecule has 1 aliphatic carbocycles. The van der Waals surface area contributed by atoms with Gasteiger partial charge < -0.3 is 14.8 Å². The molecule has 0 saturated heterocycles. The maximum atomic E-state index is 5.39. The van der Waals surface area contributed by atoms with E-state index in [-0.39, 0.29) is 0 Å². The topological polar surface area (TPSA) is 53.9 Å². The minimum absolute atomic E-state index is 0.316. The molecule has 2 heterocycles. The number of rotatable bonds is 4. The first-order valence-corrected chi connectivity index (χ1v) is 10.5. The third kappa shape index (κ3) is 3.18. The summed E-state index contributed by atoms with van der Waals surface area (Å²) >= 11 is 0. The van der Waals surface area contributed by atoms with Gasteiger partial charge in [-0.3, -0.25) is 0 Å². The van der Waals surface area contributed by atoms with E-state index in [2.05, 4.69) is 70.9 Å². The van der Waals surface area contributed by atoms with Crippen LogP contribution in [0.1, 0.15) is 60.1 Å². The number of nitrogens with zero attached hydrogens (tertiary/aromatic N) is 1. The van der Waals surface area contributed by atoms with Crippen molar-refractivity contribution in [1.82, 2.24) is 15.5 Å². The van der Waals surface area contributed by atoms with Crippen molar-refractivity contribution in [3.05, 3.63) is 76.8 Å². The van der Waals surface area contributed by atoms with Gasteiger partial charge in [0.25, 0.3) is 0 Å². The maximum absolute atomic E-state index is 5.39. The third-order valence-corrected chi connectivity index (χ3v) is 6.28. The monoisotopic (exact) mass is 385 g/mol. The third-order valence-electron chi connectivity index (χ3n) is 6.28. The predicted octanol–water partition coefficient (Wildman–Crippen LogP) is 6.17. The molecule has 2 atom stereocenters. The zero-order valence-corrected chi connectivity index (χ0v) is 17.3. The first-order valence-electron chi connectivity index (χ1n) is 10.5. The molecule has 1 aliphatic rings. The Hall–Kier alpha value is -2.85. The smallest absolute Gasteiger partial charge is 0.141 e. The number of aromatic nitrogens is 2. The minimum atomic E-state index is 0.316. The normalized spacial score (nSPS) is 17.4. The average Bonchev–Trinajstić information content (AvgIpc) is 3.28. The van der Waals surface area contributed by atoms with Gasteiger partial charge >= 0.3 is 0 Å². The molecule has 0 bridgehead atoms. The molecule has 0 radical (unpaired) electrons. The predicted molar refractivity (Wildman–Crippen MR) is 117 cm³/mol. The van der Waals surface area contributed by atoms with Crippen LogP contribution in [0.3, 0.4) is 0 Å². The van der Waals surface area contributed by atoms with Crippen molar-refractivity contribution in [2.24, 2.45) is 0 Å². The zero-order chi connectivity index (χ0) is 20.0. The molecule has 0 fully saturated rings. The van der Waals surface area contributed by atoms with Gasteiger partial charge in [0.15, 0.2) is 0 Å². The van der Waals surface area contributed by atoms with E-state index in [1.54, 1.807) is 0 Å². The molecule has 4 aromatic rings. The van der Waals surface area contributed by atoms with Crippen LogP contribution in [0.25, 0.3) is 22.0 Å². The van der Waals surface area contributed by atoms with Gasteiger partial charge in [-0.2, -0.15) is 0 Å². The highest BCUT2D eigenvalue weighted by atomic mass is 16.5. The molecule has 5 rings (SSSR count). The number of hydrogen-bond donors (Lipinski definition) is 2. The lowest BCUT2D eigenvalue weighted by Crippen LogP contribution is -2.27. The van der Waals surface area contributed by atoms with Crippen LogP contribution in [0, 0.1) is 13.8 Å². The highest BCUT2D eigenvalue weighted by molar-refractivity contribution is 5.90. The van der Waals surface area contributed by atoms with Crippen LogP contribution < -0.4 is 5.32 Å². The first-order chi connectivity index (χ1) is 14.1. The fourth-order valence-corrected chi connectivity index (χ4v) is 4.82. The fourth-order valence-electron chi connectivity index (χ4n) is 4.82. The number of benzene rings is 2. The summed E-state index contributed by atoms with van der Waals surface area (Å²) in [6.45, 7) is 6.24. The number of hydrogen-bond acceptors (Lipinski definition) is 3. The maximum Gasteiger partial charge on any atom is 0.141 e. The van der Waals surface area contributed by atoms with Crippen molar-refractivity contribution >= 4 is 10.9 Å². The van der Waals surface area contributed by atoms with E-state index in [9.17, 15) is 0 Å². The fraction of sp³-hybridized carbons (Fsp3) is 0.320. The van der Waals surface area contributed by atoms with Crippen LogP contribution in [0.2, 0.25) is 0 Å². The van der Waals surface area contributed by atoms with Crippen LogP contribution >= 0.6 is 0 Å². The van der Waals surface area contributed by atoms with Gasteiger partial charge in [-0.25, -0.2) is 0 Å². The van der Waals surface area contributed by atoms with E-state index in [0.29, 0.717) is 12.1 Å². The zero-order valence-electron chi connectivity index (χ0n) is 17.3. The molecule has 4 nitrogen and oxygen atoms in total. The van der Waals surface area contributed by atoms with Crippen LogP contribution in [0.4, 0.5) is 0 Å². The molecule has 0 spiro atoms. The molecule has 0 aliphatic heterocycles. The Morgan fingerprint density at radius 3 is 2.72 bits per heavy atom. The molecule has 2 aromatic carbocycles. The Morgan fingerprint density at radius 2 is 1.97 bits per heavy atom. The number of aryl methyl sites for hydroxylation is 3. The summed E-state index contributed by atoms with van der Waals surface area (Å²) in [7, 11) is 0. The Balaban J connectivity index is 1.51. The summed E-state index contributed by atoms with van der Waals surface area (Å²) in [6.07, 6.45) is 3.49. The van der Waals surface area contributed by atoms with Crippen LogP contribution in [0.15, 0.2) is 53.1 Å². The molecule has 0 saturated carbocycles. The largest absolute Gasteiger partial charge is 0.361 e. The summed E-state index contributed by atoms with van der Waals surface area (Å²) in [5.74, 6) is 0.877. The molecule has 0 amide bonds. The molecular formula is C25H27N3O. The average molecular weight is 386 g/mol. The summed E-state index contributed by atoms with van der Waals surface area (Å²) in [6, 6.07) is 18.0. The Bertz CT molecular complexity index is 1140. The lowest BCUT2D eigenvalue weighted by Gasteiger charge is -2.27. The highest BCUT2D eigenvalue weighted by Crippen LogP contribution is 2.38. The Labute approximate surface area is 171 Å². The van der Waals surface area contributed by atoms with Crippen LogP contribution in [-0.2, 0) is 6.42 Å². The van der Waals surface area contributed by atoms with Gasteiger partial charge in [0.05, 0.1) is 5.69 Å². The van der Waals surface area contributed by atoms with E-state index < -0.39 is 0 Å². The van der Waals surface area contributed by atoms with Crippen molar-refractivity contribution in [2.45, 2.75) is 52.1 Å². The highest BCUT2D eigenvalue weighted by Gasteiger charge is 2.26. The molecule has 1 unspecified atom stereocenters. The SMILES string of the molecule is Cc1noc(C)c1-c1ccc2[nH]c3c(c2c1)CCCC3N[C@H](C)c1ccccc1.